The fourth-order valence-corrected chi connectivity index (χ4v) is 2.01. The topological polar surface area (TPSA) is 87.9 Å². The van der Waals surface area contributed by atoms with Crippen LogP contribution in [0.1, 0.15) is 15.9 Å². The number of nitro groups is 1. The average molecular weight is 301 g/mol. The maximum Gasteiger partial charge on any atom is 0.338 e. The molecule has 0 atom stereocenters. The molecule has 0 amide bonds. The molecule has 0 aliphatic carbocycles. The predicted molar refractivity (Wildman–Crippen MR) is 74.8 cm³/mol. The molecule has 0 saturated carbocycles. The van der Waals surface area contributed by atoms with E-state index in [4.69, 9.17) is 14.2 Å². The summed E-state index contributed by atoms with van der Waals surface area (Å²) in [6.07, 6.45) is 0. The summed E-state index contributed by atoms with van der Waals surface area (Å²) in [7, 11) is 0. The van der Waals surface area contributed by atoms with E-state index in [0.717, 1.165) is 5.56 Å². The van der Waals surface area contributed by atoms with Gasteiger partial charge in [0.15, 0.2) is 11.5 Å². The zero-order valence-corrected chi connectivity index (χ0v) is 11.4. The highest BCUT2D eigenvalue weighted by atomic mass is 16.7. The molecule has 3 rings (SSSR count). The Labute approximate surface area is 125 Å². The molecule has 7 heteroatoms. The van der Waals surface area contributed by atoms with Crippen molar-refractivity contribution in [2.45, 2.75) is 6.61 Å². The molecule has 0 N–H and O–H groups in total. The molecule has 0 radical (unpaired) electrons. The molecule has 0 fully saturated rings. The van der Waals surface area contributed by atoms with Crippen LogP contribution in [-0.4, -0.2) is 17.7 Å². The first-order valence-corrected chi connectivity index (χ1v) is 6.43. The Kier molecular flexibility index (Phi) is 3.61. The lowest BCUT2D eigenvalue weighted by atomic mass is 10.2. The summed E-state index contributed by atoms with van der Waals surface area (Å²) in [5.74, 6) is 0.624. The van der Waals surface area contributed by atoms with E-state index < -0.39 is 10.9 Å². The molecular formula is C15H11NO6. The van der Waals surface area contributed by atoms with Gasteiger partial charge >= 0.3 is 5.97 Å². The number of fused-ring (bicyclic) bond motifs is 1. The molecule has 1 aliphatic heterocycles. The fraction of sp³-hybridized carbons (Fsp3) is 0.133. The number of hydrogen-bond donors (Lipinski definition) is 0. The first-order valence-electron chi connectivity index (χ1n) is 6.43. The summed E-state index contributed by atoms with van der Waals surface area (Å²) in [6, 6.07) is 10.6. The van der Waals surface area contributed by atoms with Crippen molar-refractivity contribution in [2.75, 3.05) is 6.79 Å². The van der Waals surface area contributed by atoms with Gasteiger partial charge in [-0.05, 0) is 23.8 Å². The SMILES string of the molecule is O=C(OCc1ccc2c(c1)OCO2)c1cccc([N+](=O)[O-])c1. The van der Waals surface area contributed by atoms with E-state index in [1.165, 1.54) is 24.3 Å². The number of nitro benzene ring substituents is 1. The number of benzene rings is 2. The molecule has 1 heterocycles. The number of ether oxygens (including phenoxy) is 3. The van der Waals surface area contributed by atoms with Crippen LogP contribution < -0.4 is 9.47 Å². The molecular weight excluding hydrogens is 290 g/mol. The molecule has 0 bridgehead atoms. The lowest BCUT2D eigenvalue weighted by molar-refractivity contribution is -0.384. The third-order valence-electron chi connectivity index (χ3n) is 3.10. The van der Waals surface area contributed by atoms with Crippen LogP contribution in [0.25, 0.3) is 0 Å². The molecule has 2 aromatic rings. The number of non-ortho nitro benzene ring substituents is 1. The monoisotopic (exact) mass is 301 g/mol. The minimum atomic E-state index is -0.624. The van der Waals surface area contributed by atoms with E-state index in [9.17, 15) is 14.9 Å². The molecule has 2 aromatic carbocycles. The average Bonchev–Trinajstić information content (AvgIpc) is 3.00. The van der Waals surface area contributed by atoms with Gasteiger partial charge in [-0.2, -0.15) is 0 Å². The maximum absolute atomic E-state index is 11.9. The van der Waals surface area contributed by atoms with Crippen molar-refractivity contribution < 1.29 is 23.9 Å². The van der Waals surface area contributed by atoms with Crippen molar-refractivity contribution >= 4 is 11.7 Å². The first kappa shape index (κ1) is 13.9. The van der Waals surface area contributed by atoms with E-state index in [-0.39, 0.29) is 24.7 Å². The van der Waals surface area contributed by atoms with Crippen LogP contribution in [0.3, 0.4) is 0 Å². The van der Waals surface area contributed by atoms with Crippen LogP contribution >= 0.6 is 0 Å². The molecule has 112 valence electrons. The standard InChI is InChI=1S/C15H11NO6/c17-15(11-2-1-3-12(7-11)16(18)19)20-8-10-4-5-13-14(6-10)22-9-21-13/h1-7H,8-9H2. The van der Waals surface area contributed by atoms with E-state index in [2.05, 4.69) is 0 Å². The van der Waals surface area contributed by atoms with E-state index >= 15 is 0 Å². The minimum absolute atomic E-state index is 0.0398. The van der Waals surface area contributed by atoms with E-state index in [1.807, 2.05) is 0 Å². The van der Waals surface area contributed by atoms with Gasteiger partial charge in [0.25, 0.3) is 5.69 Å². The van der Waals surface area contributed by atoms with Gasteiger partial charge in [-0.3, -0.25) is 10.1 Å². The molecule has 7 nitrogen and oxygen atoms in total. The normalized spacial score (nSPS) is 12.0. The Morgan fingerprint density at radius 2 is 2.00 bits per heavy atom. The first-order chi connectivity index (χ1) is 10.6. The highest BCUT2D eigenvalue weighted by Crippen LogP contribution is 2.32. The number of rotatable bonds is 4. The molecule has 0 spiro atoms. The summed E-state index contributed by atoms with van der Waals surface area (Å²) in [6.45, 7) is 0.213. The summed E-state index contributed by atoms with van der Waals surface area (Å²) < 4.78 is 15.6. The highest BCUT2D eigenvalue weighted by molar-refractivity contribution is 5.90. The molecule has 1 aliphatic rings. The highest BCUT2D eigenvalue weighted by Gasteiger charge is 2.15. The third-order valence-corrected chi connectivity index (χ3v) is 3.10. The van der Waals surface area contributed by atoms with Gasteiger partial charge < -0.3 is 14.2 Å². The second-order valence-corrected chi connectivity index (χ2v) is 4.57. The number of carbonyl (C=O) groups is 1. The van der Waals surface area contributed by atoms with Crippen molar-refractivity contribution in [1.82, 2.24) is 0 Å². The number of hydrogen-bond acceptors (Lipinski definition) is 6. The summed E-state index contributed by atoms with van der Waals surface area (Å²) in [5, 5.41) is 10.7. The van der Waals surface area contributed by atoms with Gasteiger partial charge in [0.05, 0.1) is 10.5 Å². The fourth-order valence-electron chi connectivity index (χ4n) is 2.01. The zero-order chi connectivity index (χ0) is 15.5. The Bertz CT molecular complexity index is 743. The van der Waals surface area contributed by atoms with Gasteiger partial charge in [0.1, 0.15) is 6.61 Å². The quantitative estimate of drug-likeness (QED) is 0.490. The van der Waals surface area contributed by atoms with Crippen molar-refractivity contribution in [1.29, 1.82) is 0 Å². The maximum atomic E-state index is 11.9. The molecule has 0 saturated heterocycles. The lowest BCUT2D eigenvalue weighted by Crippen LogP contribution is -2.05. The van der Waals surface area contributed by atoms with Gasteiger partial charge in [-0.25, -0.2) is 4.79 Å². The Hall–Kier alpha value is -3.09. The third kappa shape index (κ3) is 2.83. The van der Waals surface area contributed by atoms with Crippen molar-refractivity contribution in [3.05, 3.63) is 63.7 Å². The van der Waals surface area contributed by atoms with E-state index in [0.29, 0.717) is 11.5 Å². The predicted octanol–water partition coefficient (Wildman–Crippen LogP) is 2.68. The second-order valence-electron chi connectivity index (χ2n) is 4.57. The number of esters is 1. The molecule has 0 aromatic heterocycles. The lowest BCUT2D eigenvalue weighted by Gasteiger charge is -2.06. The summed E-state index contributed by atoms with van der Waals surface area (Å²) in [5.41, 5.74) is 0.718. The van der Waals surface area contributed by atoms with Crippen LogP contribution in [0.15, 0.2) is 42.5 Å². The molecule has 22 heavy (non-hydrogen) atoms. The van der Waals surface area contributed by atoms with Gasteiger partial charge in [-0.15, -0.1) is 0 Å². The summed E-state index contributed by atoms with van der Waals surface area (Å²) >= 11 is 0. The van der Waals surface area contributed by atoms with Gasteiger partial charge in [0.2, 0.25) is 6.79 Å². The van der Waals surface area contributed by atoms with Crippen molar-refractivity contribution in [3.63, 3.8) is 0 Å². The molecule has 0 unspecified atom stereocenters. The number of carbonyl (C=O) groups excluding carboxylic acids is 1. The van der Waals surface area contributed by atoms with Crippen LogP contribution in [0.4, 0.5) is 5.69 Å². The van der Waals surface area contributed by atoms with Crippen molar-refractivity contribution in [2.24, 2.45) is 0 Å². The largest absolute Gasteiger partial charge is 0.457 e. The van der Waals surface area contributed by atoms with Crippen LogP contribution in [-0.2, 0) is 11.3 Å². The second kappa shape index (κ2) is 5.72. The smallest absolute Gasteiger partial charge is 0.338 e. The van der Waals surface area contributed by atoms with E-state index in [1.54, 1.807) is 18.2 Å². The Morgan fingerprint density at radius 3 is 2.82 bits per heavy atom. The van der Waals surface area contributed by atoms with Gasteiger partial charge in [0, 0.05) is 12.1 Å². The van der Waals surface area contributed by atoms with Crippen LogP contribution in [0, 0.1) is 10.1 Å². The Morgan fingerprint density at radius 1 is 1.18 bits per heavy atom. The minimum Gasteiger partial charge on any atom is -0.457 e. The zero-order valence-electron chi connectivity index (χ0n) is 11.4. The summed E-state index contributed by atoms with van der Waals surface area (Å²) in [4.78, 5) is 22.1. The van der Waals surface area contributed by atoms with Crippen LogP contribution in [0.2, 0.25) is 0 Å². The Balaban J connectivity index is 1.67. The van der Waals surface area contributed by atoms with Crippen molar-refractivity contribution in [3.8, 4) is 11.5 Å². The van der Waals surface area contributed by atoms with Gasteiger partial charge in [-0.1, -0.05) is 12.1 Å². The van der Waals surface area contributed by atoms with Crippen LogP contribution in [0.5, 0.6) is 11.5 Å². The number of nitrogens with zero attached hydrogens (tertiary/aromatic N) is 1.